The molecule has 0 fully saturated rings. The number of carbonyl (C=O) groups excluding carboxylic acids is 1. The molecule has 0 unspecified atom stereocenters. The number of aromatic hydroxyl groups is 2. The number of aromatic amines is 1. The van der Waals surface area contributed by atoms with Gasteiger partial charge < -0.3 is 15.2 Å². The Bertz CT molecular complexity index is 931. The van der Waals surface area contributed by atoms with E-state index in [-0.39, 0.29) is 23.0 Å². The molecule has 22 heavy (non-hydrogen) atoms. The third kappa shape index (κ3) is 2.07. The van der Waals surface area contributed by atoms with Gasteiger partial charge in [0, 0.05) is 17.0 Å². The molecule has 3 rings (SSSR count). The number of phenols is 1. The maximum atomic E-state index is 11.7. The van der Waals surface area contributed by atoms with E-state index >= 15 is 0 Å². The summed E-state index contributed by atoms with van der Waals surface area (Å²) in [6.45, 7) is 1.37. The minimum atomic E-state index is -0.264. The third-order valence-corrected chi connectivity index (χ3v) is 3.57. The number of Topliss-reactive ketones (excluding diaryl/α,β-unsaturated/α-hetero) is 1. The molecule has 0 atom stereocenters. The fourth-order valence-electron chi connectivity index (χ4n) is 2.53. The maximum absolute atomic E-state index is 11.7. The van der Waals surface area contributed by atoms with Crippen molar-refractivity contribution in [2.24, 2.45) is 0 Å². The van der Waals surface area contributed by atoms with Gasteiger partial charge in [0.25, 0.3) is 0 Å². The molecule has 0 amide bonds. The third-order valence-electron chi connectivity index (χ3n) is 3.57. The molecule has 0 aliphatic rings. The summed E-state index contributed by atoms with van der Waals surface area (Å²) in [6, 6.07) is 11.9. The molecule has 1 aromatic heterocycles. The smallest absolute Gasteiger partial charge is 0.200 e. The second-order valence-corrected chi connectivity index (χ2v) is 5.01. The van der Waals surface area contributed by atoms with Gasteiger partial charge in [-0.3, -0.25) is 4.79 Å². The van der Waals surface area contributed by atoms with Crippen LogP contribution in [0.3, 0.4) is 0 Å². The Labute approximate surface area is 126 Å². The zero-order valence-corrected chi connectivity index (χ0v) is 11.7. The summed E-state index contributed by atoms with van der Waals surface area (Å²) in [5.74, 6) is -0.451. The average molecular weight is 292 g/mol. The van der Waals surface area contributed by atoms with Gasteiger partial charge in [-0.1, -0.05) is 12.1 Å². The lowest BCUT2D eigenvalue weighted by molar-refractivity contribution is 0.101. The number of H-pyrrole nitrogens is 1. The number of aromatic nitrogens is 1. The van der Waals surface area contributed by atoms with Gasteiger partial charge in [-0.2, -0.15) is 5.26 Å². The van der Waals surface area contributed by atoms with Crippen LogP contribution in [0.5, 0.6) is 11.6 Å². The molecular formula is C17H12N2O3. The van der Waals surface area contributed by atoms with Crippen molar-refractivity contribution in [3.8, 4) is 28.8 Å². The van der Waals surface area contributed by atoms with Gasteiger partial charge in [-0.05, 0) is 30.7 Å². The highest BCUT2D eigenvalue weighted by molar-refractivity contribution is 6.10. The van der Waals surface area contributed by atoms with Crippen LogP contribution in [0.1, 0.15) is 22.8 Å². The first-order valence-electron chi connectivity index (χ1n) is 6.60. The minimum absolute atomic E-state index is 0.0218. The number of rotatable bonds is 2. The Morgan fingerprint density at radius 1 is 1.18 bits per heavy atom. The first kappa shape index (κ1) is 13.7. The normalized spacial score (nSPS) is 10.5. The number of carbonyl (C=O) groups is 1. The number of hydrogen-bond donors (Lipinski definition) is 3. The Balaban J connectivity index is 2.25. The van der Waals surface area contributed by atoms with Gasteiger partial charge in [0.2, 0.25) is 5.88 Å². The zero-order valence-electron chi connectivity index (χ0n) is 11.7. The van der Waals surface area contributed by atoms with E-state index in [0.29, 0.717) is 27.6 Å². The van der Waals surface area contributed by atoms with Crippen LogP contribution >= 0.6 is 0 Å². The average Bonchev–Trinajstić information content (AvgIpc) is 2.81. The van der Waals surface area contributed by atoms with Crippen LogP contribution in [0, 0.1) is 11.3 Å². The van der Waals surface area contributed by atoms with Crippen molar-refractivity contribution < 1.29 is 15.0 Å². The van der Waals surface area contributed by atoms with E-state index in [4.69, 9.17) is 5.26 Å². The molecule has 5 nitrogen and oxygen atoms in total. The van der Waals surface area contributed by atoms with Crippen LogP contribution in [0.2, 0.25) is 0 Å². The van der Waals surface area contributed by atoms with Gasteiger partial charge >= 0.3 is 0 Å². The van der Waals surface area contributed by atoms with Gasteiger partial charge in [0.05, 0.1) is 22.7 Å². The van der Waals surface area contributed by atoms with E-state index < -0.39 is 0 Å². The Morgan fingerprint density at radius 2 is 1.86 bits per heavy atom. The van der Waals surface area contributed by atoms with Gasteiger partial charge in [0.15, 0.2) is 5.78 Å². The number of nitrogens with zero attached hydrogens (tertiary/aromatic N) is 1. The predicted octanol–water partition coefficient (Wildman–Crippen LogP) is 3.32. The monoisotopic (exact) mass is 292 g/mol. The van der Waals surface area contributed by atoms with Gasteiger partial charge in [-0.25, -0.2) is 0 Å². The van der Waals surface area contributed by atoms with Gasteiger partial charge in [-0.15, -0.1) is 0 Å². The quantitative estimate of drug-likeness (QED) is 0.631. The molecule has 108 valence electrons. The van der Waals surface area contributed by atoms with E-state index in [2.05, 4.69) is 4.98 Å². The SMILES string of the molecule is CC(=O)c1c(O)[nH]c2cc(O)c(-c3ccc(C#N)cc3)cc12. The summed E-state index contributed by atoms with van der Waals surface area (Å²) in [4.78, 5) is 14.4. The molecule has 0 saturated heterocycles. The summed E-state index contributed by atoms with van der Waals surface area (Å²) in [5, 5.41) is 29.4. The van der Waals surface area contributed by atoms with E-state index in [1.54, 1.807) is 30.3 Å². The molecule has 0 saturated carbocycles. The zero-order chi connectivity index (χ0) is 15.9. The number of nitriles is 1. The van der Waals surface area contributed by atoms with Crippen molar-refractivity contribution in [1.29, 1.82) is 5.26 Å². The number of hydrogen-bond acceptors (Lipinski definition) is 4. The maximum Gasteiger partial charge on any atom is 0.200 e. The van der Waals surface area contributed by atoms with Crippen LogP contribution in [0.15, 0.2) is 36.4 Å². The van der Waals surface area contributed by atoms with Crippen molar-refractivity contribution in [1.82, 2.24) is 4.98 Å². The molecule has 0 radical (unpaired) electrons. The number of fused-ring (bicyclic) bond motifs is 1. The molecule has 3 N–H and O–H groups in total. The lowest BCUT2D eigenvalue weighted by Crippen LogP contribution is -1.90. The number of benzene rings is 2. The topological polar surface area (TPSA) is 97.1 Å². The fourth-order valence-corrected chi connectivity index (χ4v) is 2.53. The molecule has 2 aromatic carbocycles. The Kier molecular flexibility index (Phi) is 3.08. The number of ketones is 1. The van der Waals surface area contributed by atoms with Crippen molar-refractivity contribution in [2.75, 3.05) is 0 Å². The lowest BCUT2D eigenvalue weighted by atomic mass is 9.99. The number of phenolic OH excluding ortho intramolecular Hbond substituents is 1. The lowest BCUT2D eigenvalue weighted by Gasteiger charge is -2.06. The highest BCUT2D eigenvalue weighted by Crippen LogP contribution is 2.37. The summed E-state index contributed by atoms with van der Waals surface area (Å²) >= 11 is 0. The largest absolute Gasteiger partial charge is 0.507 e. The second kappa shape index (κ2) is 4.93. The van der Waals surface area contributed by atoms with Crippen LogP contribution in [-0.2, 0) is 0 Å². The van der Waals surface area contributed by atoms with Crippen molar-refractivity contribution in [3.05, 3.63) is 47.5 Å². The molecule has 3 aromatic rings. The summed E-state index contributed by atoms with van der Waals surface area (Å²) in [6.07, 6.45) is 0. The van der Waals surface area contributed by atoms with Gasteiger partial charge in [0.1, 0.15) is 5.75 Å². The molecule has 1 heterocycles. The highest BCUT2D eigenvalue weighted by Gasteiger charge is 2.17. The molecule has 0 spiro atoms. The Morgan fingerprint density at radius 3 is 2.45 bits per heavy atom. The van der Waals surface area contributed by atoms with E-state index in [1.165, 1.54) is 13.0 Å². The first-order valence-corrected chi connectivity index (χ1v) is 6.60. The van der Waals surface area contributed by atoms with Crippen LogP contribution in [0.4, 0.5) is 0 Å². The summed E-state index contributed by atoms with van der Waals surface area (Å²) in [5.41, 5.74) is 2.45. The highest BCUT2D eigenvalue weighted by atomic mass is 16.3. The molecule has 0 bridgehead atoms. The molecule has 5 heteroatoms. The summed E-state index contributed by atoms with van der Waals surface area (Å²) < 4.78 is 0. The van der Waals surface area contributed by atoms with E-state index in [0.717, 1.165) is 0 Å². The van der Waals surface area contributed by atoms with Crippen LogP contribution in [0.25, 0.3) is 22.0 Å². The number of nitrogens with one attached hydrogen (secondary N) is 1. The standard InChI is InChI=1S/C17H12N2O3/c1-9(20)16-13-6-12(11-4-2-10(8-18)3-5-11)15(21)7-14(13)19-17(16)22/h2-7,19,21-22H,1H3. The molecule has 0 aliphatic carbocycles. The van der Waals surface area contributed by atoms with E-state index in [1.807, 2.05) is 6.07 Å². The summed E-state index contributed by atoms with van der Waals surface area (Å²) in [7, 11) is 0. The minimum Gasteiger partial charge on any atom is -0.507 e. The van der Waals surface area contributed by atoms with E-state index in [9.17, 15) is 15.0 Å². The molecule has 0 aliphatic heterocycles. The first-order chi connectivity index (χ1) is 10.5. The Hall–Kier alpha value is -3.26. The van der Waals surface area contributed by atoms with Crippen molar-refractivity contribution >= 4 is 16.7 Å². The fraction of sp³-hybridized carbons (Fsp3) is 0.0588. The van der Waals surface area contributed by atoms with Crippen molar-refractivity contribution in [2.45, 2.75) is 6.92 Å². The second-order valence-electron chi connectivity index (χ2n) is 5.01. The van der Waals surface area contributed by atoms with Crippen LogP contribution < -0.4 is 0 Å². The molecular weight excluding hydrogens is 280 g/mol. The van der Waals surface area contributed by atoms with Crippen molar-refractivity contribution in [3.63, 3.8) is 0 Å². The van der Waals surface area contributed by atoms with Crippen LogP contribution in [-0.4, -0.2) is 21.0 Å². The predicted molar refractivity (Wildman–Crippen MR) is 81.8 cm³/mol.